The number of hydrogen-bond acceptors (Lipinski definition) is 3. The zero-order valence-electron chi connectivity index (χ0n) is 12.2. The minimum Gasteiger partial charge on any atom is -0.296 e. The molecule has 0 aliphatic carbocycles. The fraction of sp³-hybridized carbons (Fsp3) is 0.353. The molecule has 1 saturated heterocycles. The number of benzene rings is 1. The van der Waals surface area contributed by atoms with E-state index in [1.807, 2.05) is 44.3 Å². The molecule has 0 spiro atoms. The van der Waals surface area contributed by atoms with Crippen molar-refractivity contribution in [1.29, 1.82) is 0 Å². The summed E-state index contributed by atoms with van der Waals surface area (Å²) in [7, 11) is 0. The van der Waals surface area contributed by atoms with Gasteiger partial charge in [0.15, 0.2) is 0 Å². The molecule has 1 aromatic heterocycles. The van der Waals surface area contributed by atoms with Crippen molar-refractivity contribution in [2.24, 2.45) is 11.8 Å². The fourth-order valence-electron chi connectivity index (χ4n) is 3.29. The number of nitrogens with zero attached hydrogens (tertiary/aromatic N) is 1. The summed E-state index contributed by atoms with van der Waals surface area (Å²) in [6.07, 6.45) is 3.95. The predicted molar refractivity (Wildman–Crippen MR) is 80.6 cm³/mol. The molecule has 2 atom stereocenters. The molecule has 2 amide bonds. The molecule has 4 nitrogen and oxygen atoms in total. The number of amides is 2. The zero-order valence-corrected chi connectivity index (χ0v) is 12.2. The summed E-state index contributed by atoms with van der Waals surface area (Å²) in [6, 6.07) is 7.97. The van der Waals surface area contributed by atoms with Gasteiger partial charge in [-0.05, 0) is 16.9 Å². The molecule has 4 heteroatoms. The van der Waals surface area contributed by atoms with Crippen molar-refractivity contribution < 1.29 is 9.59 Å². The molecule has 1 aliphatic heterocycles. The van der Waals surface area contributed by atoms with Gasteiger partial charge < -0.3 is 0 Å². The van der Waals surface area contributed by atoms with Crippen LogP contribution in [0.1, 0.15) is 31.7 Å². The highest BCUT2D eigenvalue weighted by molar-refractivity contribution is 6.00. The standard InChI is InChI=1S/C17H18N2O2/c1-10(2)16-13(7-15(20)19-17(16)21)14-9-18-8-11-5-3-4-6-12(11)14/h3-6,8-10,13,16H,7H2,1-2H3,(H,19,20,21). The normalized spacial score (nSPS) is 22.6. The van der Waals surface area contributed by atoms with E-state index < -0.39 is 0 Å². The minimum atomic E-state index is -0.199. The Hall–Kier alpha value is -2.23. The molecule has 2 heterocycles. The number of hydrogen-bond donors (Lipinski definition) is 1. The first-order valence-electron chi connectivity index (χ1n) is 7.24. The Morgan fingerprint density at radius 3 is 2.71 bits per heavy atom. The maximum atomic E-state index is 12.2. The first kappa shape index (κ1) is 13.7. The van der Waals surface area contributed by atoms with Crippen LogP contribution in [0.15, 0.2) is 36.7 Å². The predicted octanol–water partition coefficient (Wildman–Crippen LogP) is 2.64. The number of piperidine rings is 1. The molecule has 1 aliphatic rings. The second-order valence-electron chi connectivity index (χ2n) is 5.94. The van der Waals surface area contributed by atoms with E-state index in [0.717, 1.165) is 16.3 Å². The lowest BCUT2D eigenvalue weighted by Crippen LogP contribution is -2.46. The summed E-state index contributed by atoms with van der Waals surface area (Å²) < 4.78 is 0. The summed E-state index contributed by atoms with van der Waals surface area (Å²) in [5.74, 6) is -0.503. The summed E-state index contributed by atoms with van der Waals surface area (Å²) in [5.41, 5.74) is 0.995. The second-order valence-corrected chi connectivity index (χ2v) is 5.94. The van der Waals surface area contributed by atoms with Gasteiger partial charge in [-0.2, -0.15) is 0 Å². The third-order valence-electron chi connectivity index (χ3n) is 4.22. The Morgan fingerprint density at radius 2 is 1.95 bits per heavy atom. The lowest BCUT2D eigenvalue weighted by atomic mass is 9.74. The van der Waals surface area contributed by atoms with E-state index >= 15 is 0 Å². The molecule has 108 valence electrons. The molecular formula is C17H18N2O2. The van der Waals surface area contributed by atoms with Crippen LogP contribution in [-0.2, 0) is 9.59 Å². The van der Waals surface area contributed by atoms with E-state index in [1.165, 1.54) is 0 Å². The zero-order chi connectivity index (χ0) is 15.0. The molecule has 1 aromatic carbocycles. The lowest BCUT2D eigenvalue weighted by Gasteiger charge is -2.33. The number of rotatable bonds is 2. The van der Waals surface area contributed by atoms with Crippen molar-refractivity contribution in [2.45, 2.75) is 26.2 Å². The molecule has 2 unspecified atom stereocenters. The smallest absolute Gasteiger partial charge is 0.230 e. The van der Waals surface area contributed by atoms with Crippen LogP contribution >= 0.6 is 0 Å². The largest absolute Gasteiger partial charge is 0.296 e. The SMILES string of the molecule is CC(C)C1C(=O)NC(=O)CC1c1cncc2ccccc12. The molecule has 2 aromatic rings. The van der Waals surface area contributed by atoms with Gasteiger partial charge in [-0.15, -0.1) is 0 Å². The molecule has 0 bridgehead atoms. The average Bonchev–Trinajstić information content (AvgIpc) is 2.45. The van der Waals surface area contributed by atoms with Crippen LogP contribution in [-0.4, -0.2) is 16.8 Å². The van der Waals surface area contributed by atoms with Gasteiger partial charge in [0.05, 0.1) is 0 Å². The molecular weight excluding hydrogens is 264 g/mol. The third kappa shape index (κ3) is 2.42. The number of imide groups is 1. The van der Waals surface area contributed by atoms with Gasteiger partial charge in [0.2, 0.25) is 11.8 Å². The molecule has 21 heavy (non-hydrogen) atoms. The number of nitrogens with one attached hydrogen (secondary N) is 1. The topological polar surface area (TPSA) is 59.1 Å². The van der Waals surface area contributed by atoms with E-state index in [2.05, 4.69) is 10.3 Å². The van der Waals surface area contributed by atoms with Crippen LogP contribution in [0.2, 0.25) is 0 Å². The summed E-state index contributed by atoms with van der Waals surface area (Å²) in [6.45, 7) is 4.04. The Balaban J connectivity index is 2.14. The minimum absolute atomic E-state index is 0.107. The number of carbonyl (C=O) groups excluding carboxylic acids is 2. The van der Waals surface area contributed by atoms with Crippen molar-refractivity contribution >= 4 is 22.6 Å². The number of pyridine rings is 1. The summed E-state index contributed by atoms with van der Waals surface area (Å²) in [5, 5.41) is 4.57. The maximum Gasteiger partial charge on any atom is 0.230 e. The highest BCUT2D eigenvalue weighted by atomic mass is 16.2. The van der Waals surface area contributed by atoms with Crippen LogP contribution in [0.5, 0.6) is 0 Å². The van der Waals surface area contributed by atoms with Crippen molar-refractivity contribution in [3.05, 3.63) is 42.2 Å². The van der Waals surface area contributed by atoms with E-state index in [1.54, 1.807) is 6.20 Å². The van der Waals surface area contributed by atoms with Crippen LogP contribution in [0, 0.1) is 11.8 Å². The van der Waals surface area contributed by atoms with E-state index in [4.69, 9.17) is 0 Å². The van der Waals surface area contributed by atoms with Crippen LogP contribution in [0.25, 0.3) is 10.8 Å². The number of carbonyl (C=O) groups is 2. The summed E-state index contributed by atoms with van der Waals surface area (Å²) in [4.78, 5) is 28.3. The van der Waals surface area contributed by atoms with Gasteiger partial charge in [-0.1, -0.05) is 38.1 Å². The quantitative estimate of drug-likeness (QED) is 0.861. The fourth-order valence-corrected chi connectivity index (χ4v) is 3.29. The first-order valence-corrected chi connectivity index (χ1v) is 7.24. The molecule has 0 radical (unpaired) electrons. The van der Waals surface area contributed by atoms with Gasteiger partial charge in [0.1, 0.15) is 0 Å². The third-order valence-corrected chi connectivity index (χ3v) is 4.22. The van der Waals surface area contributed by atoms with Gasteiger partial charge in [0, 0.05) is 36.0 Å². The van der Waals surface area contributed by atoms with Crippen molar-refractivity contribution in [3.8, 4) is 0 Å². The Morgan fingerprint density at radius 1 is 1.19 bits per heavy atom. The van der Waals surface area contributed by atoms with E-state index in [0.29, 0.717) is 6.42 Å². The van der Waals surface area contributed by atoms with Crippen molar-refractivity contribution in [3.63, 3.8) is 0 Å². The maximum absolute atomic E-state index is 12.2. The number of fused-ring (bicyclic) bond motifs is 1. The average molecular weight is 282 g/mol. The second kappa shape index (κ2) is 5.28. The van der Waals surface area contributed by atoms with E-state index in [-0.39, 0.29) is 29.6 Å². The summed E-state index contributed by atoms with van der Waals surface area (Å²) >= 11 is 0. The van der Waals surface area contributed by atoms with Crippen molar-refractivity contribution in [2.75, 3.05) is 0 Å². The molecule has 0 saturated carbocycles. The Kier molecular flexibility index (Phi) is 3.45. The van der Waals surface area contributed by atoms with Gasteiger partial charge in [-0.3, -0.25) is 19.9 Å². The number of aromatic nitrogens is 1. The molecule has 1 N–H and O–H groups in total. The van der Waals surface area contributed by atoms with Gasteiger partial charge in [-0.25, -0.2) is 0 Å². The van der Waals surface area contributed by atoms with Crippen molar-refractivity contribution in [1.82, 2.24) is 10.3 Å². The van der Waals surface area contributed by atoms with Crippen LogP contribution < -0.4 is 5.32 Å². The molecule has 3 rings (SSSR count). The van der Waals surface area contributed by atoms with Gasteiger partial charge >= 0.3 is 0 Å². The van der Waals surface area contributed by atoms with Crippen LogP contribution in [0.3, 0.4) is 0 Å². The van der Waals surface area contributed by atoms with E-state index in [9.17, 15) is 9.59 Å². The lowest BCUT2D eigenvalue weighted by molar-refractivity contribution is -0.138. The highest BCUT2D eigenvalue weighted by Gasteiger charge is 2.39. The Bertz CT molecular complexity index is 704. The molecule has 1 fully saturated rings. The van der Waals surface area contributed by atoms with Crippen LogP contribution in [0.4, 0.5) is 0 Å². The Labute approximate surface area is 123 Å². The monoisotopic (exact) mass is 282 g/mol. The van der Waals surface area contributed by atoms with Gasteiger partial charge in [0.25, 0.3) is 0 Å². The first-order chi connectivity index (χ1) is 10.1. The highest BCUT2D eigenvalue weighted by Crippen LogP contribution is 2.38.